The highest BCUT2D eigenvalue weighted by atomic mass is 32.2. The second kappa shape index (κ2) is 5.59. The molecule has 5 atom stereocenters. The molecule has 1 unspecified atom stereocenters. The zero-order chi connectivity index (χ0) is 13.3. The second-order valence-electron chi connectivity index (χ2n) is 4.61. The number of aliphatic hydroxyl groups excluding tert-OH is 3. The fourth-order valence-corrected chi connectivity index (χ4v) is 2.95. The van der Waals surface area contributed by atoms with Crippen molar-refractivity contribution in [3.8, 4) is 0 Å². The number of benzene rings is 1. The molecule has 1 saturated heterocycles. The molecule has 18 heavy (non-hydrogen) atoms. The van der Waals surface area contributed by atoms with E-state index in [2.05, 4.69) is 0 Å². The Hall–Kier alpha value is -0.590. The smallest absolute Gasteiger partial charge is 0.136 e. The quantitative estimate of drug-likeness (QED) is 0.745. The van der Waals surface area contributed by atoms with Gasteiger partial charge in [-0.15, -0.1) is 0 Å². The largest absolute Gasteiger partial charge is 0.388 e. The monoisotopic (exact) mass is 270 g/mol. The van der Waals surface area contributed by atoms with Crippen molar-refractivity contribution in [2.75, 3.05) is 0 Å². The molecule has 1 aliphatic heterocycles. The molecule has 1 aromatic carbocycles. The van der Waals surface area contributed by atoms with Crippen LogP contribution < -0.4 is 0 Å². The molecule has 1 aromatic rings. The van der Waals surface area contributed by atoms with Crippen LogP contribution in [-0.2, 0) is 4.74 Å². The van der Waals surface area contributed by atoms with Crippen molar-refractivity contribution in [3.05, 3.63) is 29.8 Å². The lowest BCUT2D eigenvalue weighted by Crippen LogP contribution is -2.55. The summed E-state index contributed by atoms with van der Waals surface area (Å²) in [6.45, 7) is 3.69. The van der Waals surface area contributed by atoms with Gasteiger partial charge in [0.15, 0.2) is 0 Å². The van der Waals surface area contributed by atoms with Crippen molar-refractivity contribution < 1.29 is 20.1 Å². The fraction of sp³-hybridized carbons (Fsp3) is 0.538. The highest BCUT2D eigenvalue weighted by Gasteiger charge is 2.42. The van der Waals surface area contributed by atoms with Crippen LogP contribution in [0.25, 0.3) is 0 Å². The molecule has 0 spiro atoms. The third kappa shape index (κ3) is 2.87. The maximum absolute atomic E-state index is 9.89. The average Bonchev–Trinajstić information content (AvgIpc) is 2.36. The fourth-order valence-electron chi connectivity index (χ4n) is 1.86. The van der Waals surface area contributed by atoms with E-state index in [0.717, 1.165) is 10.5 Å². The lowest BCUT2D eigenvalue weighted by Gasteiger charge is -2.38. The summed E-state index contributed by atoms with van der Waals surface area (Å²) in [5.74, 6) is 0. The first-order chi connectivity index (χ1) is 8.49. The van der Waals surface area contributed by atoms with Gasteiger partial charge in [0.1, 0.15) is 23.7 Å². The van der Waals surface area contributed by atoms with E-state index < -0.39 is 29.9 Å². The van der Waals surface area contributed by atoms with Crippen LogP contribution in [0.2, 0.25) is 0 Å². The Morgan fingerprint density at radius 3 is 2.22 bits per heavy atom. The molecule has 5 heteroatoms. The second-order valence-corrected chi connectivity index (χ2v) is 5.78. The predicted molar refractivity (Wildman–Crippen MR) is 69.4 cm³/mol. The van der Waals surface area contributed by atoms with Gasteiger partial charge in [-0.2, -0.15) is 0 Å². The normalized spacial score (nSPS) is 36.6. The summed E-state index contributed by atoms with van der Waals surface area (Å²) in [7, 11) is 0. The van der Waals surface area contributed by atoms with E-state index in [1.807, 2.05) is 31.2 Å². The Bertz CT molecular complexity index is 394. The average molecular weight is 270 g/mol. The van der Waals surface area contributed by atoms with E-state index in [4.69, 9.17) is 4.74 Å². The van der Waals surface area contributed by atoms with Gasteiger partial charge >= 0.3 is 0 Å². The molecule has 1 heterocycles. The zero-order valence-corrected chi connectivity index (χ0v) is 11.2. The summed E-state index contributed by atoms with van der Waals surface area (Å²) < 4.78 is 5.52. The molecule has 100 valence electrons. The molecule has 1 fully saturated rings. The maximum atomic E-state index is 9.89. The Labute approximate surface area is 111 Å². The van der Waals surface area contributed by atoms with Gasteiger partial charge in [-0.1, -0.05) is 29.5 Å². The molecule has 1 aliphatic rings. The molecule has 4 nitrogen and oxygen atoms in total. The minimum absolute atomic E-state index is 0.494. The molecule has 0 amide bonds. The SMILES string of the molecule is Cc1ccc(SC2O[C@@H](C)[C@H](O)[C@@H](O)[C@H]2O)cc1. The molecule has 0 bridgehead atoms. The first-order valence-corrected chi connectivity index (χ1v) is 6.80. The summed E-state index contributed by atoms with van der Waals surface area (Å²) in [6.07, 6.45) is -3.81. The topological polar surface area (TPSA) is 69.9 Å². The third-order valence-electron chi connectivity index (χ3n) is 3.08. The molecule has 0 aromatic heterocycles. The van der Waals surface area contributed by atoms with Crippen LogP contribution in [0.15, 0.2) is 29.2 Å². The predicted octanol–water partition coefficient (Wildman–Crippen LogP) is 0.915. The van der Waals surface area contributed by atoms with Gasteiger partial charge in [-0.3, -0.25) is 0 Å². The maximum Gasteiger partial charge on any atom is 0.136 e. The van der Waals surface area contributed by atoms with Gasteiger partial charge in [0.2, 0.25) is 0 Å². The Kier molecular flexibility index (Phi) is 4.29. The number of thioether (sulfide) groups is 1. The van der Waals surface area contributed by atoms with Crippen LogP contribution in [0.3, 0.4) is 0 Å². The highest BCUT2D eigenvalue weighted by molar-refractivity contribution is 7.99. The van der Waals surface area contributed by atoms with Gasteiger partial charge in [-0.25, -0.2) is 0 Å². The van der Waals surface area contributed by atoms with Crippen LogP contribution >= 0.6 is 11.8 Å². The molecule has 0 saturated carbocycles. The Balaban J connectivity index is 2.06. The van der Waals surface area contributed by atoms with Crippen LogP contribution in [0.4, 0.5) is 0 Å². The number of hydrogen-bond donors (Lipinski definition) is 3. The number of aliphatic hydroxyl groups is 3. The lowest BCUT2D eigenvalue weighted by atomic mass is 10.0. The molecule has 3 N–H and O–H groups in total. The van der Waals surface area contributed by atoms with E-state index in [9.17, 15) is 15.3 Å². The summed E-state index contributed by atoms with van der Waals surface area (Å²) in [5.41, 5.74) is 0.592. The van der Waals surface area contributed by atoms with Crippen LogP contribution in [0.1, 0.15) is 12.5 Å². The number of hydrogen-bond acceptors (Lipinski definition) is 5. The minimum atomic E-state index is -1.17. The van der Waals surface area contributed by atoms with Crippen molar-refractivity contribution in [2.45, 2.75) is 48.6 Å². The van der Waals surface area contributed by atoms with Gasteiger partial charge in [-0.05, 0) is 26.0 Å². The van der Waals surface area contributed by atoms with Crippen LogP contribution in [0, 0.1) is 6.92 Å². The van der Waals surface area contributed by atoms with Crippen molar-refractivity contribution >= 4 is 11.8 Å². The summed E-state index contributed by atoms with van der Waals surface area (Å²) >= 11 is 1.35. The summed E-state index contributed by atoms with van der Waals surface area (Å²) in [5, 5.41) is 29.2. The summed E-state index contributed by atoms with van der Waals surface area (Å²) in [6, 6.07) is 7.84. The van der Waals surface area contributed by atoms with E-state index in [1.54, 1.807) is 6.92 Å². The minimum Gasteiger partial charge on any atom is -0.388 e. The molecule has 2 rings (SSSR count). The van der Waals surface area contributed by atoms with Crippen molar-refractivity contribution in [2.24, 2.45) is 0 Å². The standard InChI is InChI=1S/C13H18O4S/c1-7-3-5-9(6-4-7)18-13-12(16)11(15)10(14)8(2)17-13/h3-6,8,10-16H,1-2H3/t8-,10-,11+,12+,13?/m0/s1. The highest BCUT2D eigenvalue weighted by Crippen LogP contribution is 2.33. The van der Waals surface area contributed by atoms with Gasteiger partial charge in [0, 0.05) is 4.90 Å². The van der Waals surface area contributed by atoms with Crippen LogP contribution in [0.5, 0.6) is 0 Å². The van der Waals surface area contributed by atoms with E-state index in [1.165, 1.54) is 11.8 Å². The van der Waals surface area contributed by atoms with Gasteiger partial charge in [0.05, 0.1) is 6.10 Å². The lowest BCUT2D eigenvalue weighted by molar-refractivity contribution is -0.192. The van der Waals surface area contributed by atoms with Crippen molar-refractivity contribution in [3.63, 3.8) is 0 Å². The number of aryl methyl sites for hydroxylation is 1. The Morgan fingerprint density at radius 2 is 1.61 bits per heavy atom. The zero-order valence-electron chi connectivity index (χ0n) is 10.4. The number of ether oxygens (including phenoxy) is 1. The van der Waals surface area contributed by atoms with E-state index in [0.29, 0.717) is 0 Å². The number of rotatable bonds is 2. The van der Waals surface area contributed by atoms with Gasteiger partial charge < -0.3 is 20.1 Å². The molecular formula is C13H18O4S. The molecule has 0 radical (unpaired) electrons. The first-order valence-electron chi connectivity index (χ1n) is 5.92. The van der Waals surface area contributed by atoms with E-state index in [-0.39, 0.29) is 0 Å². The summed E-state index contributed by atoms with van der Waals surface area (Å²) in [4.78, 5) is 0.959. The van der Waals surface area contributed by atoms with Crippen molar-refractivity contribution in [1.82, 2.24) is 0 Å². The molecular weight excluding hydrogens is 252 g/mol. The van der Waals surface area contributed by atoms with Gasteiger partial charge in [0.25, 0.3) is 0 Å². The first kappa shape index (κ1) is 13.8. The molecule has 0 aliphatic carbocycles. The Morgan fingerprint density at radius 1 is 1.00 bits per heavy atom. The van der Waals surface area contributed by atoms with Crippen LogP contribution in [-0.4, -0.2) is 45.2 Å². The van der Waals surface area contributed by atoms with Crippen molar-refractivity contribution in [1.29, 1.82) is 0 Å². The van der Waals surface area contributed by atoms with E-state index >= 15 is 0 Å². The third-order valence-corrected chi connectivity index (χ3v) is 4.25.